The first-order chi connectivity index (χ1) is 9.02. The van der Waals surface area contributed by atoms with Gasteiger partial charge in [-0.05, 0) is 39.7 Å². The van der Waals surface area contributed by atoms with Crippen molar-refractivity contribution in [3.63, 3.8) is 0 Å². The molecule has 0 saturated heterocycles. The Morgan fingerprint density at radius 3 is 2.74 bits per heavy atom. The fourth-order valence-corrected chi connectivity index (χ4v) is 1.76. The highest BCUT2D eigenvalue weighted by atomic mass is 79.9. The molecule has 0 aliphatic carbocycles. The van der Waals surface area contributed by atoms with Crippen molar-refractivity contribution < 1.29 is 24.2 Å². The largest absolute Gasteiger partial charge is 0.492 e. The minimum absolute atomic E-state index is 0.170. The lowest BCUT2D eigenvalue weighted by atomic mass is 10.2. The van der Waals surface area contributed by atoms with Gasteiger partial charge in [0.1, 0.15) is 5.75 Å². The van der Waals surface area contributed by atoms with Crippen molar-refractivity contribution in [3.8, 4) is 5.75 Å². The average molecular weight is 329 g/mol. The standard InChI is InChI=1S/C13H13BrO5/c1-18-13(17)6-7-19-11-4-2-9(8-10(11)14)3-5-12(15)16/h2-5,8H,6-7H2,1H3,(H,15,16). The van der Waals surface area contributed by atoms with Crippen molar-refractivity contribution in [1.82, 2.24) is 0 Å². The molecule has 0 bridgehead atoms. The van der Waals surface area contributed by atoms with Crippen LogP contribution in [-0.2, 0) is 14.3 Å². The second kappa shape index (κ2) is 7.58. The van der Waals surface area contributed by atoms with Gasteiger partial charge in [-0.2, -0.15) is 0 Å². The van der Waals surface area contributed by atoms with Crippen LogP contribution in [0.25, 0.3) is 6.08 Å². The van der Waals surface area contributed by atoms with Crippen molar-refractivity contribution >= 4 is 33.9 Å². The number of hydrogen-bond acceptors (Lipinski definition) is 4. The predicted octanol–water partition coefficient (Wildman–Crippen LogP) is 2.49. The zero-order valence-corrected chi connectivity index (χ0v) is 11.8. The van der Waals surface area contributed by atoms with Crippen molar-refractivity contribution in [2.45, 2.75) is 6.42 Å². The molecule has 0 unspecified atom stereocenters. The Bertz CT molecular complexity index is 496. The number of carboxylic acid groups (broad SMARTS) is 1. The summed E-state index contributed by atoms with van der Waals surface area (Å²) in [6.07, 6.45) is 2.70. The molecule has 1 aromatic rings. The van der Waals surface area contributed by atoms with Gasteiger partial charge < -0.3 is 14.6 Å². The number of benzene rings is 1. The number of methoxy groups -OCH3 is 1. The summed E-state index contributed by atoms with van der Waals surface area (Å²) >= 11 is 3.32. The molecular weight excluding hydrogens is 316 g/mol. The van der Waals surface area contributed by atoms with E-state index < -0.39 is 5.97 Å². The van der Waals surface area contributed by atoms with Gasteiger partial charge in [-0.3, -0.25) is 4.79 Å². The van der Waals surface area contributed by atoms with Crippen LogP contribution >= 0.6 is 15.9 Å². The fraction of sp³-hybridized carbons (Fsp3) is 0.231. The van der Waals surface area contributed by atoms with Crippen LogP contribution in [0.3, 0.4) is 0 Å². The van der Waals surface area contributed by atoms with Gasteiger partial charge in [0.05, 0.1) is 24.6 Å². The number of ether oxygens (including phenoxy) is 2. The number of esters is 1. The third-order valence-electron chi connectivity index (χ3n) is 2.17. The van der Waals surface area contributed by atoms with E-state index in [9.17, 15) is 9.59 Å². The molecule has 0 aromatic heterocycles. The molecular formula is C13H13BrO5. The second-order valence-corrected chi connectivity index (χ2v) is 4.39. The topological polar surface area (TPSA) is 72.8 Å². The van der Waals surface area contributed by atoms with Gasteiger partial charge in [0.15, 0.2) is 0 Å². The van der Waals surface area contributed by atoms with Crippen molar-refractivity contribution in [2.24, 2.45) is 0 Å². The highest BCUT2D eigenvalue weighted by Crippen LogP contribution is 2.26. The van der Waals surface area contributed by atoms with Crippen LogP contribution in [-0.4, -0.2) is 30.8 Å². The van der Waals surface area contributed by atoms with Crippen LogP contribution in [0.2, 0.25) is 0 Å². The van der Waals surface area contributed by atoms with Gasteiger partial charge in [-0.1, -0.05) is 6.07 Å². The molecule has 0 amide bonds. The first-order valence-electron chi connectivity index (χ1n) is 5.43. The number of carboxylic acids is 1. The second-order valence-electron chi connectivity index (χ2n) is 3.54. The van der Waals surface area contributed by atoms with E-state index in [0.717, 1.165) is 11.6 Å². The number of aliphatic carboxylic acids is 1. The van der Waals surface area contributed by atoms with Gasteiger partial charge in [0, 0.05) is 6.08 Å². The van der Waals surface area contributed by atoms with Crippen LogP contribution < -0.4 is 4.74 Å². The molecule has 6 heteroatoms. The zero-order valence-electron chi connectivity index (χ0n) is 10.3. The molecule has 1 aromatic carbocycles. The smallest absolute Gasteiger partial charge is 0.328 e. The minimum Gasteiger partial charge on any atom is -0.492 e. The van der Waals surface area contributed by atoms with E-state index in [2.05, 4.69) is 20.7 Å². The average Bonchev–Trinajstić information content (AvgIpc) is 2.38. The van der Waals surface area contributed by atoms with Gasteiger partial charge in [0.2, 0.25) is 0 Å². The lowest BCUT2D eigenvalue weighted by molar-refractivity contribution is -0.141. The molecule has 0 radical (unpaired) electrons. The summed E-state index contributed by atoms with van der Waals surface area (Å²) in [5, 5.41) is 8.52. The van der Waals surface area contributed by atoms with Crippen molar-refractivity contribution in [1.29, 1.82) is 0 Å². The maximum atomic E-state index is 10.9. The molecule has 0 atom stereocenters. The lowest BCUT2D eigenvalue weighted by Gasteiger charge is -2.08. The molecule has 0 heterocycles. The zero-order chi connectivity index (χ0) is 14.3. The van der Waals surface area contributed by atoms with Crippen LogP contribution in [0.5, 0.6) is 5.75 Å². The highest BCUT2D eigenvalue weighted by molar-refractivity contribution is 9.10. The molecule has 1 N–H and O–H groups in total. The summed E-state index contributed by atoms with van der Waals surface area (Å²) in [7, 11) is 1.32. The lowest BCUT2D eigenvalue weighted by Crippen LogP contribution is -2.07. The Labute approximate surface area is 119 Å². The number of carbonyl (C=O) groups is 2. The molecule has 0 aliphatic heterocycles. The molecule has 0 aliphatic rings. The first kappa shape index (κ1) is 15.2. The maximum Gasteiger partial charge on any atom is 0.328 e. The Morgan fingerprint density at radius 1 is 1.42 bits per heavy atom. The van der Waals surface area contributed by atoms with Gasteiger partial charge in [-0.25, -0.2) is 4.79 Å². The van der Waals surface area contributed by atoms with Crippen molar-refractivity contribution in [2.75, 3.05) is 13.7 Å². The third kappa shape index (κ3) is 5.56. The summed E-state index contributed by atoms with van der Waals surface area (Å²) in [4.78, 5) is 21.3. The summed E-state index contributed by atoms with van der Waals surface area (Å²) in [5.74, 6) is -0.761. The summed E-state index contributed by atoms with van der Waals surface area (Å²) in [5.41, 5.74) is 0.731. The first-order valence-corrected chi connectivity index (χ1v) is 6.22. The summed E-state index contributed by atoms with van der Waals surface area (Å²) < 4.78 is 10.6. The van der Waals surface area contributed by atoms with E-state index in [-0.39, 0.29) is 19.0 Å². The molecule has 1 rings (SSSR count). The summed E-state index contributed by atoms with van der Waals surface area (Å²) in [6, 6.07) is 5.15. The van der Waals surface area contributed by atoms with Crippen molar-refractivity contribution in [3.05, 3.63) is 34.3 Å². The molecule has 0 saturated carbocycles. The van der Waals surface area contributed by atoms with Crippen LogP contribution in [0.1, 0.15) is 12.0 Å². The van der Waals surface area contributed by atoms with Gasteiger partial charge >= 0.3 is 11.9 Å². The predicted molar refractivity (Wildman–Crippen MR) is 72.9 cm³/mol. The molecule has 5 nitrogen and oxygen atoms in total. The van der Waals surface area contributed by atoms with E-state index in [1.54, 1.807) is 18.2 Å². The highest BCUT2D eigenvalue weighted by Gasteiger charge is 2.04. The Morgan fingerprint density at radius 2 is 2.16 bits per heavy atom. The molecule has 102 valence electrons. The Kier molecular flexibility index (Phi) is 6.08. The number of halogens is 1. The maximum absolute atomic E-state index is 10.9. The third-order valence-corrected chi connectivity index (χ3v) is 2.79. The van der Waals surface area contributed by atoms with Crippen LogP contribution in [0, 0.1) is 0 Å². The molecule has 0 spiro atoms. The van der Waals surface area contributed by atoms with Crippen LogP contribution in [0.4, 0.5) is 0 Å². The normalized spacial score (nSPS) is 10.4. The van der Waals surface area contributed by atoms with Crippen LogP contribution in [0.15, 0.2) is 28.7 Å². The Balaban J connectivity index is 2.62. The Hall–Kier alpha value is -1.82. The number of rotatable bonds is 6. The SMILES string of the molecule is COC(=O)CCOc1ccc(C=CC(=O)O)cc1Br. The minimum atomic E-state index is -1.01. The number of carbonyl (C=O) groups excluding carboxylic acids is 1. The van der Waals surface area contributed by atoms with Gasteiger partial charge in [-0.15, -0.1) is 0 Å². The van der Waals surface area contributed by atoms with E-state index in [4.69, 9.17) is 9.84 Å². The van der Waals surface area contributed by atoms with E-state index in [0.29, 0.717) is 10.2 Å². The monoisotopic (exact) mass is 328 g/mol. The van der Waals surface area contributed by atoms with E-state index in [1.165, 1.54) is 13.2 Å². The summed E-state index contributed by atoms with van der Waals surface area (Å²) in [6.45, 7) is 0.218. The van der Waals surface area contributed by atoms with E-state index in [1.807, 2.05) is 0 Å². The molecule has 19 heavy (non-hydrogen) atoms. The molecule has 0 fully saturated rings. The quantitative estimate of drug-likeness (QED) is 0.641. The van der Waals surface area contributed by atoms with Gasteiger partial charge in [0.25, 0.3) is 0 Å². The van der Waals surface area contributed by atoms with E-state index >= 15 is 0 Å². The number of hydrogen-bond donors (Lipinski definition) is 1. The fourth-order valence-electron chi connectivity index (χ4n) is 1.25.